The Hall–Kier alpha value is -2.45. The van der Waals surface area contributed by atoms with Crippen LogP contribution in [0.5, 0.6) is 0 Å². The summed E-state index contributed by atoms with van der Waals surface area (Å²) in [6.07, 6.45) is 4.51. The van der Waals surface area contributed by atoms with Gasteiger partial charge in [0.2, 0.25) is 0 Å². The third-order valence-corrected chi connectivity index (χ3v) is 5.34. The van der Waals surface area contributed by atoms with Crippen molar-refractivity contribution in [3.8, 4) is 0 Å². The van der Waals surface area contributed by atoms with Crippen molar-refractivity contribution in [1.29, 1.82) is 0 Å². The van der Waals surface area contributed by atoms with E-state index in [1.807, 2.05) is 6.07 Å². The van der Waals surface area contributed by atoms with E-state index < -0.39 is 10.0 Å². The number of hydrogen-bond donors (Lipinski definition) is 1. The van der Waals surface area contributed by atoms with Crippen LogP contribution in [0.25, 0.3) is 0 Å². The van der Waals surface area contributed by atoms with Gasteiger partial charge in [0.15, 0.2) is 0 Å². The van der Waals surface area contributed by atoms with Crippen molar-refractivity contribution in [3.63, 3.8) is 0 Å². The lowest BCUT2D eigenvalue weighted by atomic mass is 10.0. The van der Waals surface area contributed by atoms with Crippen molar-refractivity contribution < 1.29 is 17.9 Å². The maximum atomic E-state index is 12.4. The van der Waals surface area contributed by atoms with E-state index in [-0.39, 0.29) is 17.4 Å². The van der Waals surface area contributed by atoms with Crippen molar-refractivity contribution >= 4 is 27.3 Å². The summed E-state index contributed by atoms with van der Waals surface area (Å²) in [6, 6.07) is 8.28. The monoisotopic (exact) mass is 361 g/mol. The van der Waals surface area contributed by atoms with Crippen LogP contribution in [-0.4, -0.2) is 39.6 Å². The number of carbonyl (C=O) groups excluding carboxylic acids is 1. The standard InChI is InChI=1S/C17H19N3O4S/c1-24-12-17(21)20-9-3-4-13-6-7-14(10-16(13)20)19-25(22,23)15-5-2-8-18-11-15/h2,5-8,10-11,19H,3-4,9,12H2,1H3. The summed E-state index contributed by atoms with van der Waals surface area (Å²) >= 11 is 0. The maximum absolute atomic E-state index is 12.4. The molecule has 8 heteroatoms. The second kappa shape index (κ2) is 7.20. The second-order valence-electron chi connectivity index (χ2n) is 5.72. The molecule has 7 nitrogen and oxygen atoms in total. The molecule has 1 aromatic carbocycles. The number of benzene rings is 1. The highest BCUT2D eigenvalue weighted by Gasteiger charge is 2.23. The van der Waals surface area contributed by atoms with Crippen molar-refractivity contribution in [3.05, 3.63) is 48.3 Å². The molecule has 0 unspecified atom stereocenters. The summed E-state index contributed by atoms with van der Waals surface area (Å²) in [5.41, 5.74) is 2.14. The zero-order valence-corrected chi connectivity index (χ0v) is 14.6. The van der Waals surface area contributed by atoms with Crippen molar-refractivity contribution in [2.24, 2.45) is 0 Å². The predicted molar refractivity (Wildman–Crippen MR) is 94.0 cm³/mol. The van der Waals surface area contributed by atoms with Gasteiger partial charge in [-0.1, -0.05) is 6.07 Å². The molecule has 0 saturated heterocycles. The molecular weight excluding hydrogens is 342 g/mol. The maximum Gasteiger partial charge on any atom is 0.263 e. The number of fused-ring (bicyclic) bond motifs is 1. The third kappa shape index (κ3) is 3.80. The fraction of sp³-hybridized carbons (Fsp3) is 0.294. The van der Waals surface area contributed by atoms with Crippen LogP contribution in [0.1, 0.15) is 12.0 Å². The van der Waals surface area contributed by atoms with Gasteiger partial charge in [0, 0.05) is 31.7 Å². The number of carbonyl (C=O) groups is 1. The van der Waals surface area contributed by atoms with Crippen LogP contribution in [0.3, 0.4) is 0 Å². The van der Waals surface area contributed by atoms with E-state index in [9.17, 15) is 13.2 Å². The van der Waals surface area contributed by atoms with E-state index in [1.165, 1.54) is 25.6 Å². The van der Waals surface area contributed by atoms with Gasteiger partial charge in [0.05, 0.1) is 5.69 Å². The minimum absolute atomic E-state index is 0.00885. The molecule has 0 spiro atoms. The number of ether oxygens (including phenoxy) is 1. The number of rotatable bonds is 5. The summed E-state index contributed by atoms with van der Waals surface area (Å²) in [5, 5.41) is 0. The first-order chi connectivity index (χ1) is 12.0. The van der Waals surface area contributed by atoms with Gasteiger partial charge < -0.3 is 9.64 Å². The number of methoxy groups -OCH3 is 1. The first kappa shape index (κ1) is 17.4. The SMILES string of the molecule is COCC(=O)N1CCCc2ccc(NS(=O)(=O)c3cccnc3)cc21. The normalized spacial score (nSPS) is 14.0. The molecule has 1 N–H and O–H groups in total. The summed E-state index contributed by atoms with van der Waals surface area (Å²) in [5.74, 6) is -0.143. The summed E-state index contributed by atoms with van der Waals surface area (Å²) in [4.78, 5) is 17.8. The molecule has 1 amide bonds. The van der Waals surface area contributed by atoms with E-state index in [2.05, 4.69) is 9.71 Å². The Balaban J connectivity index is 1.90. The number of amides is 1. The van der Waals surface area contributed by atoms with Crippen LogP contribution < -0.4 is 9.62 Å². The number of hydrogen-bond acceptors (Lipinski definition) is 5. The molecule has 2 aromatic rings. The molecule has 0 bridgehead atoms. The van der Waals surface area contributed by atoms with Gasteiger partial charge in [-0.2, -0.15) is 0 Å². The number of sulfonamides is 1. The van der Waals surface area contributed by atoms with Crippen LogP contribution in [0, 0.1) is 0 Å². The van der Waals surface area contributed by atoms with Crippen LogP contribution in [0.15, 0.2) is 47.6 Å². The van der Waals surface area contributed by atoms with Crippen molar-refractivity contribution in [2.75, 3.05) is 29.9 Å². The Kier molecular flexibility index (Phi) is 5.00. The highest BCUT2D eigenvalue weighted by molar-refractivity contribution is 7.92. The molecule has 0 saturated carbocycles. The molecule has 132 valence electrons. The van der Waals surface area contributed by atoms with E-state index in [0.29, 0.717) is 12.2 Å². The largest absolute Gasteiger partial charge is 0.375 e. The first-order valence-corrected chi connectivity index (χ1v) is 9.34. The van der Waals surface area contributed by atoms with Crippen LogP contribution in [-0.2, 0) is 26.0 Å². The summed E-state index contributed by atoms with van der Waals surface area (Å²) < 4.78 is 32.3. The first-order valence-electron chi connectivity index (χ1n) is 7.86. The van der Waals surface area contributed by atoms with Crippen molar-refractivity contribution in [1.82, 2.24) is 4.98 Å². The highest BCUT2D eigenvalue weighted by atomic mass is 32.2. The zero-order chi connectivity index (χ0) is 17.9. The smallest absolute Gasteiger partial charge is 0.263 e. The van der Waals surface area contributed by atoms with E-state index in [4.69, 9.17) is 4.74 Å². The predicted octanol–water partition coefficient (Wildman–Crippen LogP) is 1.81. The lowest BCUT2D eigenvalue weighted by Crippen LogP contribution is -2.37. The fourth-order valence-electron chi connectivity index (χ4n) is 2.82. The Morgan fingerprint density at radius 1 is 1.36 bits per heavy atom. The van der Waals surface area contributed by atoms with E-state index >= 15 is 0 Å². The third-order valence-electron chi connectivity index (χ3n) is 3.97. The molecule has 0 atom stereocenters. The topological polar surface area (TPSA) is 88.6 Å². The van der Waals surface area contributed by atoms with E-state index in [0.717, 1.165) is 24.1 Å². The van der Waals surface area contributed by atoms with Crippen molar-refractivity contribution in [2.45, 2.75) is 17.7 Å². The molecular formula is C17H19N3O4S. The summed E-state index contributed by atoms with van der Waals surface area (Å²) in [7, 11) is -2.26. The molecule has 0 aliphatic carbocycles. The molecule has 1 aliphatic heterocycles. The Bertz CT molecular complexity index is 869. The quantitative estimate of drug-likeness (QED) is 0.877. The van der Waals surface area contributed by atoms with Crippen LogP contribution in [0.4, 0.5) is 11.4 Å². The van der Waals surface area contributed by atoms with Crippen LogP contribution in [0.2, 0.25) is 0 Å². The lowest BCUT2D eigenvalue weighted by Gasteiger charge is -2.30. The fourth-order valence-corrected chi connectivity index (χ4v) is 3.83. The molecule has 2 heterocycles. The molecule has 25 heavy (non-hydrogen) atoms. The Labute approximate surface area is 146 Å². The average molecular weight is 361 g/mol. The molecule has 1 aliphatic rings. The number of anilines is 2. The van der Waals surface area contributed by atoms with E-state index in [1.54, 1.807) is 23.1 Å². The molecule has 3 rings (SSSR count). The minimum atomic E-state index is -3.73. The van der Waals surface area contributed by atoms with Gasteiger partial charge in [-0.15, -0.1) is 0 Å². The second-order valence-corrected chi connectivity index (χ2v) is 7.40. The number of nitrogens with zero attached hydrogens (tertiary/aromatic N) is 2. The molecule has 1 aromatic heterocycles. The van der Waals surface area contributed by atoms with Gasteiger partial charge in [-0.05, 0) is 42.7 Å². The van der Waals surface area contributed by atoms with Gasteiger partial charge in [-0.3, -0.25) is 14.5 Å². The lowest BCUT2D eigenvalue weighted by molar-refractivity contribution is -0.122. The number of pyridine rings is 1. The Morgan fingerprint density at radius 3 is 2.92 bits per heavy atom. The summed E-state index contributed by atoms with van der Waals surface area (Å²) in [6.45, 7) is 0.582. The number of aryl methyl sites for hydroxylation is 1. The number of aromatic nitrogens is 1. The van der Waals surface area contributed by atoms with Crippen LogP contribution >= 0.6 is 0 Å². The van der Waals surface area contributed by atoms with Gasteiger partial charge >= 0.3 is 0 Å². The van der Waals surface area contributed by atoms with Gasteiger partial charge in [-0.25, -0.2) is 8.42 Å². The number of nitrogens with one attached hydrogen (secondary N) is 1. The average Bonchev–Trinajstić information content (AvgIpc) is 2.62. The van der Waals surface area contributed by atoms with Gasteiger partial charge in [0.25, 0.3) is 15.9 Å². The highest BCUT2D eigenvalue weighted by Crippen LogP contribution is 2.31. The molecule has 0 radical (unpaired) electrons. The minimum Gasteiger partial charge on any atom is -0.375 e. The Morgan fingerprint density at radius 2 is 2.20 bits per heavy atom. The molecule has 0 fully saturated rings. The van der Waals surface area contributed by atoms with Gasteiger partial charge in [0.1, 0.15) is 11.5 Å². The zero-order valence-electron chi connectivity index (χ0n) is 13.8.